The summed E-state index contributed by atoms with van der Waals surface area (Å²) in [6, 6.07) is 0. The Morgan fingerprint density at radius 3 is 2.82 bits per heavy atom. The number of thioether (sulfide) groups is 1. The third-order valence-electron chi connectivity index (χ3n) is 2.16. The number of nitrogens with zero attached hydrogens (tertiary/aromatic N) is 3. The summed E-state index contributed by atoms with van der Waals surface area (Å²) < 4.78 is 0. The zero-order chi connectivity index (χ0) is 12.4. The molecule has 2 aromatic heterocycles. The monoisotopic (exact) mass is 250 g/mol. The summed E-state index contributed by atoms with van der Waals surface area (Å²) in [6.07, 6.45) is 5.11. The van der Waals surface area contributed by atoms with Crippen molar-refractivity contribution in [1.82, 2.24) is 19.9 Å². The minimum Gasteiger partial charge on any atom is -0.475 e. The van der Waals surface area contributed by atoms with Crippen LogP contribution in [0.5, 0.6) is 0 Å². The zero-order valence-electron chi connectivity index (χ0n) is 9.26. The Hall–Kier alpha value is -1.89. The Balaban J connectivity index is 2.47. The van der Waals surface area contributed by atoms with Gasteiger partial charge >= 0.3 is 5.97 Å². The number of carboxylic acid groups (broad SMARTS) is 1. The van der Waals surface area contributed by atoms with E-state index in [2.05, 4.69) is 19.9 Å². The predicted molar refractivity (Wildman–Crippen MR) is 63.1 cm³/mol. The van der Waals surface area contributed by atoms with E-state index in [0.29, 0.717) is 16.5 Å². The molecule has 2 N–H and O–H groups in total. The molecule has 2 aromatic rings. The van der Waals surface area contributed by atoms with Crippen LogP contribution in [0.2, 0.25) is 0 Å². The molecular formula is C10H10N4O2S. The molecular weight excluding hydrogens is 240 g/mol. The van der Waals surface area contributed by atoms with Gasteiger partial charge in [0.1, 0.15) is 5.69 Å². The number of aromatic carboxylic acids is 1. The molecule has 0 bridgehead atoms. The number of rotatable bonds is 3. The molecule has 2 rings (SSSR count). The van der Waals surface area contributed by atoms with Gasteiger partial charge in [-0.05, 0) is 18.7 Å². The van der Waals surface area contributed by atoms with Crippen LogP contribution in [-0.2, 0) is 0 Å². The molecule has 0 aliphatic carbocycles. The maximum atomic E-state index is 10.7. The summed E-state index contributed by atoms with van der Waals surface area (Å²) in [7, 11) is 0. The van der Waals surface area contributed by atoms with Gasteiger partial charge < -0.3 is 10.1 Å². The summed E-state index contributed by atoms with van der Waals surface area (Å²) in [6.45, 7) is 1.86. The highest BCUT2D eigenvalue weighted by molar-refractivity contribution is 7.98. The van der Waals surface area contributed by atoms with Crippen molar-refractivity contribution in [2.45, 2.75) is 12.1 Å². The Morgan fingerprint density at radius 1 is 1.47 bits per heavy atom. The minimum absolute atomic E-state index is 0.0938. The van der Waals surface area contributed by atoms with Crippen molar-refractivity contribution in [3.8, 4) is 11.4 Å². The predicted octanol–water partition coefficient (Wildman–Crippen LogP) is 1.60. The number of nitrogens with one attached hydrogen (secondary N) is 1. The highest BCUT2D eigenvalue weighted by atomic mass is 32.2. The number of H-pyrrole nitrogens is 1. The third-order valence-corrected chi connectivity index (χ3v) is 2.72. The van der Waals surface area contributed by atoms with Gasteiger partial charge in [0.05, 0.1) is 5.69 Å². The third kappa shape index (κ3) is 2.28. The number of hydrogen-bond acceptors (Lipinski definition) is 5. The first-order valence-corrected chi connectivity index (χ1v) is 6.01. The lowest BCUT2D eigenvalue weighted by molar-refractivity contribution is 0.0685. The van der Waals surface area contributed by atoms with Crippen molar-refractivity contribution < 1.29 is 9.90 Å². The molecule has 0 aliphatic heterocycles. The fourth-order valence-electron chi connectivity index (χ4n) is 1.34. The van der Waals surface area contributed by atoms with E-state index in [9.17, 15) is 4.79 Å². The molecule has 0 spiro atoms. The number of aromatic amines is 1. The fraction of sp³-hybridized carbons (Fsp3) is 0.200. The molecule has 2 heterocycles. The van der Waals surface area contributed by atoms with Crippen LogP contribution in [0.25, 0.3) is 11.4 Å². The first-order chi connectivity index (χ1) is 8.11. The molecule has 88 valence electrons. The molecule has 0 amide bonds. The van der Waals surface area contributed by atoms with Gasteiger partial charge in [-0.3, -0.25) is 0 Å². The number of carboxylic acids is 1. The first kappa shape index (κ1) is 11.6. The number of aromatic nitrogens is 4. The lowest BCUT2D eigenvalue weighted by Crippen LogP contribution is -1.99. The molecule has 0 aliphatic rings. The molecule has 6 nitrogen and oxygen atoms in total. The van der Waals surface area contributed by atoms with E-state index in [1.165, 1.54) is 18.0 Å². The summed E-state index contributed by atoms with van der Waals surface area (Å²) >= 11 is 1.42. The Kier molecular flexibility index (Phi) is 3.10. The van der Waals surface area contributed by atoms with Gasteiger partial charge in [0.2, 0.25) is 5.82 Å². The van der Waals surface area contributed by atoms with Crippen LogP contribution in [0.1, 0.15) is 16.2 Å². The van der Waals surface area contributed by atoms with Gasteiger partial charge in [0, 0.05) is 12.4 Å². The number of carbonyl (C=O) groups is 1. The first-order valence-electron chi connectivity index (χ1n) is 4.78. The van der Waals surface area contributed by atoms with Crippen molar-refractivity contribution in [2.75, 3.05) is 6.26 Å². The van der Waals surface area contributed by atoms with Crippen LogP contribution in [-0.4, -0.2) is 37.3 Å². The highest BCUT2D eigenvalue weighted by Crippen LogP contribution is 2.21. The van der Waals surface area contributed by atoms with Crippen molar-refractivity contribution in [1.29, 1.82) is 0 Å². The van der Waals surface area contributed by atoms with Crippen LogP contribution in [0.4, 0.5) is 0 Å². The van der Waals surface area contributed by atoms with Crippen molar-refractivity contribution >= 4 is 17.7 Å². The van der Waals surface area contributed by atoms with E-state index in [1.807, 2.05) is 13.2 Å². The standard InChI is InChI=1S/C10H10N4O2S/c1-5-3-12-10(17-2)14-7(5)6-4-11-8(13-6)9(15)16/h3-4H,1-2H3,(H,11,13)(H,15,16). The second kappa shape index (κ2) is 4.54. The molecule has 17 heavy (non-hydrogen) atoms. The van der Waals surface area contributed by atoms with Gasteiger partial charge in [-0.2, -0.15) is 0 Å². The van der Waals surface area contributed by atoms with Gasteiger partial charge in [0.25, 0.3) is 0 Å². The van der Waals surface area contributed by atoms with Crippen molar-refractivity contribution in [3.05, 3.63) is 23.8 Å². The van der Waals surface area contributed by atoms with E-state index < -0.39 is 5.97 Å². The summed E-state index contributed by atoms with van der Waals surface area (Å²) in [5.74, 6) is -1.18. The lowest BCUT2D eigenvalue weighted by atomic mass is 10.2. The van der Waals surface area contributed by atoms with E-state index in [0.717, 1.165) is 5.56 Å². The Bertz CT molecular complexity index is 567. The number of hydrogen-bond donors (Lipinski definition) is 2. The van der Waals surface area contributed by atoms with Crippen LogP contribution in [0.3, 0.4) is 0 Å². The normalized spacial score (nSPS) is 10.5. The second-order valence-corrected chi connectivity index (χ2v) is 4.10. The summed E-state index contributed by atoms with van der Waals surface area (Å²) in [5, 5.41) is 9.41. The Morgan fingerprint density at radius 2 is 2.24 bits per heavy atom. The number of imidazole rings is 1. The minimum atomic E-state index is -1.09. The van der Waals surface area contributed by atoms with Gasteiger partial charge in [-0.1, -0.05) is 11.8 Å². The van der Waals surface area contributed by atoms with Gasteiger partial charge in [-0.15, -0.1) is 0 Å². The van der Waals surface area contributed by atoms with Crippen molar-refractivity contribution in [2.24, 2.45) is 0 Å². The van der Waals surface area contributed by atoms with Gasteiger partial charge in [-0.25, -0.2) is 19.7 Å². The van der Waals surface area contributed by atoms with E-state index in [4.69, 9.17) is 5.11 Å². The topological polar surface area (TPSA) is 91.8 Å². The second-order valence-electron chi connectivity index (χ2n) is 3.33. The molecule has 0 saturated heterocycles. The molecule has 0 unspecified atom stereocenters. The van der Waals surface area contributed by atoms with Crippen molar-refractivity contribution in [3.63, 3.8) is 0 Å². The quantitative estimate of drug-likeness (QED) is 0.635. The maximum Gasteiger partial charge on any atom is 0.371 e. The van der Waals surface area contributed by atoms with E-state index >= 15 is 0 Å². The van der Waals surface area contributed by atoms with Crippen LogP contribution >= 0.6 is 11.8 Å². The molecule has 0 saturated carbocycles. The molecule has 7 heteroatoms. The van der Waals surface area contributed by atoms with E-state index in [-0.39, 0.29) is 5.82 Å². The average Bonchev–Trinajstić information content (AvgIpc) is 2.79. The van der Waals surface area contributed by atoms with Crippen LogP contribution in [0, 0.1) is 6.92 Å². The molecule has 0 radical (unpaired) electrons. The molecule has 0 aromatic carbocycles. The Labute approximate surface area is 102 Å². The smallest absolute Gasteiger partial charge is 0.371 e. The lowest BCUT2D eigenvalue weighted by Gasteiger charge is -2.02. The van der Waals surface area contributed by atoms with Crippen LogP contribution < -0.4 is 0 Å². The molecule has 0 fully saturated rings. The van der Waals surface area contributed by atoms with E-state index in [1.54, 1.807) is 6.20 Å². The highest BCUT2D eigenvalue weighted by Gasteiger charge is 2.13. The zero-order valence-corrected chi connectivity index (χ0v) is 10.1. The average molecular weight is 250 g/mol. The fourth-order valence-corrected chi connectivity index (χ4v) is 1.68. The van der Waals surface area contributed by atoms with Gasteiger partial charge in [0.15, 0.2) is 5.16 Å². The SMILES string of the molecule is CSc1ncc(C)c(-c2c[nH]c(C(=O)O)n2)n1. The number of aryl methyl sites for hydroxylation is 1. The molecule has 0 atom stereocenters. The largest absolute Gasteiger partial charge is 0.475 e. The van der Waals surface area contributed by atoms with Crippen LogP contribution in [0.15, 0.2) is 17.6 Å². The summed E-state index contributed by atoms with van der Waals surface area (Å²) in [5.41, 5.74) is 2.01. The maximum absolute atomic E-state index is 10.7. The summed E-state index contributed by atoms with van der Waals surface area (Å²) in [4.78, 5) is 25.7.